The Morgan fingerprint density at radius 2 is 0.732 bits per heavy atom. The fourth-order valence-corrected chi connectivity index (χ4v) is 6.92. The topological polar surface area (TPSA) is 100 Å². The molecule has 10 aromatic rings. The molecule has 5 aromatic carbocycles. The van der Waals surface area contributed by atoms with Gasteiger partial charge in [0.2, 0.25) is 0 Å². The minimum Gasteiger partial charge on any atom is -0.292 e. The van der Waals surface area contributed by atoms with E-state index in [-0.39, 0.29) is 11.6 Å². The standard InChI is InChI=1S/C45H27F2N9/c46-33-13-9-28(10-14-33)41-52-42(29-11-15-34(47)16-12-29)54-43(53-41)30-25-31(44-50-37-5-1-3-7-39(37)55(44)35-17-21-48-22-18-35)27-32(26-30)45-51-38-6-2-4-8-40(38)56(45)36-19-23-49-24-20-36/h1-27H. The van der Waals surface area contributed by atoms with Gasteiger partial charge in [-0.3, -0.25) is 19.1 Å². The van der Waals surface area contributed by atoms with Crippen molar-refractivity contribution >= 4 is 22.1 Å². The van der Waals surface area contributed by atoms with Crippen molar-refractivity contribution in [1.29, 1.82) is 0 Å². The molecule has 0 radical (unpaired) electrons. The maximum atomic E-state index is 14.1. The van der Waals surface area contributed by atoms with Gasteiger partial charge in [0.25, 0.3) is 0 Å². The van der Waals surface area contributed by atoms with Crippen molar-refractivity contribution in [2.45, 2.75) is 0 Å². The van der Waals surface area contributed by atoms with Crippen LogP contribution in [0.4, 0.5) is 8.78 Å². The molecule has 266 valence electrons. The molecular weight excluding hydrogens is 705 g/mol. The molecule has 0 amide bonds. The zero-order valence-electron chi connectivity index (χ0n) is 29.4. The van der Waals surface area contributed by atoms with E-state index in [1.165, 1.54) is 24.3 Å². The third-order valence-electron chi connectivity index (χ3n) is 9.51. The second kappa shape index (κ2) is 13.6. The monoisotopic (exact) mass is 731 g/mol. The van der Waals surface area contributed by atoms with Crippen LogP contribution in [0.25, 0.3) is 90.4 Å². The molecule has 0 aliphatic rings. The predicted octanol–water partition coefficient (Wildman–Crippen LogP) is 9.95. The first kappa shape index (κ1) is 32.8. The lowest BCUT2D eigenvalue weighted by molar-refractivity contribution is 0.627. The van der Waals surface area contributed by atoms with E-state index < -0.39 is 0 Å². The Morgan fingerprint density at radius 3 is 1.16 bits per heavy atom. The molecule has 0 unspecified atom stereocenters. The van der Waals surface area contributed by atoms with Crippen LogP contribution in [0.1, 0.15) is 0 Å². The molecule has 0 aliphatic carbocycles. The Bertz CT molecular complexity index is 2840. The van der Waals surface area contributed by atoms with Crippen LogP contribution in [0.15, 0.2) is 164 Å². The minimum atomic E-state index is -0.381. The molecule has 0 aliphatic heterocycles. The van der Waals surface area contributed by atoms with Gasteiger partial charge >= 0.3 is 0 Å². The third kappa shape index (κ3) is 5.93. The van der Waals surface area contributed by atoms with Crippen molar-refractivity contribution in [1.82, 2.24) is 44.0 Å². The maximum Gasteiger partial charge on any atom is 0.164 e. The Balaban J connectivity index is 1.28. The number of para-hydroxylation sites is 4. The largest absolute Gasteiger partial charge is 0.292 e. The summed E-state index contributed by atoms with van der Waals surface area (Å²) in [5, 5.41) is 0. The zero-order valence-corrected chi connectivity index (χ0v) is 29.4. The van der Waals surface area contributed by atoms with Gasteiger partial charge in [-0.15, -0.1) is 0 Å². The Labute approximate surface area is 318 Å². The molecule has 0 saturated heterocycles. The predicted molar refractivity (Wildman–Crippen MR) is 212 cm³/mol. The van der Waals surface area contributed by atoms with Gasteiger partial charge in [-0.05, 0) is 115 Å². The molecule has 0 spiro atoms. The lowest BCUT2D eigenvalue weighted by atomic mass is 10.0. The number of hydrogen-bond acceptors (Lipinski definition) is 7. The van der Waals surface area contributed by atoms with Crippen LogP contribution in [0, 0.1) is 11.6 Å². The third-order valence-corrected chi connectivity index (χ3v) is 9.51. The van der Waals surface area contributed by atoms with E-state index >= 15 is 0 Å². The molecule has 0 atom stereocenters. The van der Waals surface area contributed by atoms with Gasteiger partial charge in [-0.1, -0.05) is 24.3 Å². The number of aromatic nitrogens is 9. The second-order valence-corrected chi connectivity index (χ2v) is 13.0. The maximum absolute atomic E-state index is 14.1. The van der Waals surface area contributed by atoms with E-state index in [1.807, 2.05) is 84.9 Å². The Morgan fingerprint density at radius 1 is 0.357 bits per heavy atom. The van der Waals surface area contributed by atoms with Crippen LogP contribution in [0.5, 0.6) is 0 Å². The summed E-state index contributed by atoms with van der Waals surface area (Å²) in [5.41, 5.74) is 8.60. The Hall–Kier alpha value is -7.79. The smallest absolute Gasteiger partial charge is 0.164 e. The molecule has 0 N–H and O–H groups in total. The van der Waals surface area contributed by atoms with Gasteiger partial charge in [0.1, 0.15) is 23.3 Å². The van der Waals surface area contributed by atoms with E-state index in [1.54, 1.807) is 49.1 Å². The number of fused-ring (bicyclic) bond motifs is 2. The number of imidazole rings is 2. The first-order valence-electron chi connectivity index (χ1n) is 17.8. The second-order valence-electron chi connectivity index (χ2n) is 13.0. The van der Waals surface area contributed by atoms with Crippen molar-refractivity contribution in [2.24, 2.45) is 0 Å². The van der Waals surface area contributed by atoms with E-state index in [0.29, 0.717) is 45.8 Å². The molecular formula is C45H27F2N9. The molecule has 0 fully saturated rings. The Kier molecular flexibility index (Phi) is 7.95. The molecule has 56 heavy (non-hydrogen) atoms. The summed E-state index contributed by atoms with van der Waals surface area (Å²) >= 11 is 0. The lowest BCUT2D eigenvalue weighted by Gasteiger charge is -2.15. The highest BCUT2D eigenvalue weighted by atomic mass is 19.1. The highest BCUT2D eigenvalue weighted by Gasteiger charge is 2.22. The molecule has 11 heteroatoms. The van der Waals surface area contributed by atoms with Crippen LogP contribution in [-0.4, -0.2) is 44.0 Å². The number of pyridine rings is 2. The summed E-state index contributed by atoms with van der Waals surface area (Å²) in [6.07, 6.45) is 7.02. The van der Waals surface area contributed by atoms with Crippen LogP contribution in [0.3, 0.4) is 0 Å². The van der Waals surface area contributed by atoms with E-state index in [4.69, 9.17) is 24.9 Å². The van der Waals surface area contributed by atoms with Gasteiger partial charge in [0.15, 0.2) is 17.5 Å². The molecule has 10 rings (SSSR count). The van der Waals surface area contributed by atoms with E-state index in [2.05, 4.69) is 25.2 Å². The van der Waals surface area contributed by atoms with Crippen LogP contribution in [-0.2, 0) is 0 Å². The van der Waals surface area contributed by atoms with Crippen molar-refractivity contribution in [2.75, 3.05) is 0 Å². The van der Waals surface area contributed by atoms with Crippen molar-refractivity contribution in [3.05, 3.63) is 176 Å². The summed E-state index contributed by atoms with van der Waals surface area (Å²) in [5.74, 6) is 1.60. The molecule has 0 saturated carbocycles. The van der Waals surface area contributed by atoms with Gasteiger partial charge in [0, 0.05) is 52.6 Å². The molecule has 5 heterocycles. The minimum absolute atomic E-state index is 0.328. The average Bonchev–Trinajstić information content (AvgIpc) is 3.84. The summed E-state index contributed by atoms with van der Waals surface area (Å²) in [6, 6.07) is 41.8. The van der Waals surface area contributed by atoms with Crippen molar-refractivity contribution < 1.29 is 8.78 Å². The number of rotatable bonds is 7. The SMILES string of the molecule is Fc1ccc(-c2nc(-c3ccc(F)cc3)nc(-c3cc(-c4nc5ccccc5n4-c4ccncc4)cc(-c4nc5ccccc5n4-c4ccncc4)c3)n2)cc1. The van der Waals surface area contributed by atoms with Crippen molar-refractivity contribution in [3.63, 3.8) is 0 Å². The lowest BCUT2D eigenvalue weighted by Crippen LogP contribution is -2.03. The van der Waals surface area contributed by atoms with Crippen LogP contribution < -0.4 is 0 Å². The summed E-state index contributed by atoms with van der Waals surface area (Å²) < 4.78 is 32.4. The fraction of sp³-hybridized carbons (Fsp3) is 0. The summed E-state index contributed by atoms with van der Waals surface area (Å²) in [7, 11) is 0. The van der Waals surface area contributed by atoms with Gasteiger partial charge in [-0.25, -0.2) is 33.7 Å². The summed E-state index contributed by atoms with van der Waals surface area (Å²) in [4.78, 5) is 33.6. The van der Waals surface area contributed by atoms with E-state index in [0.717, 1.165) is 44.6 Å². The quantitative estimate of drug-likeness (QED) is 0.161. The fourth-order valence-electron chi connectivity index (χ4n) is 6.92. The normalized spacial score (nSPS) is 11.4. The first-order valence-corrected chi connectivity index (χ1v) is 17.8. The number of halogens is 2. The molecule has 5 aromatic heterocycles. The summed E-state index contributed by atoms with van der Waals surface area (Å²) in [6.45, 7) is 0. The van der Waals surface area contributed by atoms with Crippen molar-refractivity contribution in [3.8, 4) is 68.3 Å². The van der Waals surface area contributed by atoms with Gasteiger partial charge < -0.3 is 0 Å². The van der Waals surface area contributed by atoms with Gasteiger partial charge in [0.05, 0.1) is 33.4 Å². The average molecular weight is 732 g/mol. The number of nitrogens with zero attached hydrogens (tertiary/aromatic N) is 9. The number of hydrogen-bond donors (Lipinski definition) is 0. The van der Waals surface area contributed by atoms with Gasteiger partial charge in [-0.2, -0.15) is 0 Å². The zero-order chi connectivity index (χ0) is 37.6. The highest BCUT2D eigenvalue weighted by Crippen LogP contribution is 2.37. The first-order chi connectivity index (χ1) is 27.6. The van der Waals surface area contributed by atoms with E-state index in [9.17, 15) is 8.78 Å². The number of benzene rings is 5. The van der Waals surface area contributed by atoms with Crippen LogP contribution >= 0.6 is 0 Å². The molecule has 9 nitrogen and oxygen atoms in total. The molecule has 0 bridgehead atoms. The highest BCUT2D eigenvalue weighted by molar-refractivity contribution is 5.88. The van der Waals surface area contributed by atoms with Crippen LogP contribution in [0.2, 0.25) is 0 Å².